The molecule has 0 unspecified atom stereocenters. The van der Waals surface area contributed by atoms with Crippen molar-refractivity contribution in [2.75, 3.05) is 30.6 Å². The summed E-state index contributed by atoms with van der Waals surface area (Å²) in [6.45, 7) is 11.1. The fourth-order valence-corrected chi connectivity index (χ4v) is 6.86. The molecule has 3 aromatic rings. The summed E-state index contributed by atoms with van der Waals surface area (Å²) in [4.78, 5) is 2.52. The van der Waals surface area contributed by atoms with Crippen LogP contribution in [0.15, 0.2) is 66.7 Å². The fraction of sp³-hybridized carbons (Fsp3) is 0.526. The van der Waals surface area contributed by atoms with Crippen LogP contribution in [0, 0.1) is 0 Å². The number of nitrogens with zero attached hydrogens (tertiary/aromatic N) is 1. The number of hydrogen-bond acceptors (Lipinski definition) is 7. The van der Waals surface area contributed by atoms with Gasteiger partial charge in [0, 0.05) is 30.1 Å². The number of phenols is 2. The van der Waals surface area contributed by atoms with Gasteiger partial charge < -0.3 is 20.6 Å². The van der Waals surface area contributed by atoms with Crippen molar-refractivity contribution < 1.29 is 23.7 Å². The number of phenolic OH excluding ortho intramolecular Hbond substituents is 2. The average Bonchev–Trinajstić information content (AvgIpc) is 3.01. The van der Waals surface area contributed by atoms with Gasteiger partial charge in [0.15, 0.2) is 0 Å². The molecule has 5 N–H and O–H groups in total. The molecule has 0 bridgehead atoms. The molecular weight excluding hydrogens is 611 g/mol. The van der Waals surface area contributed by atoms with Crippen LogP contribution in [-0.2, 0) is 16.4 Å². The van der Waals surface area contributed by atoms with Gasteiger partial charge in [0.25, 0.3) is 0 Å². The van der Waals surface area contributed by atoms with Crippen molar-refractivity contribution in [3.05, 3.63) is 89.0 Å². The van der Waals surface area contributed by atoms with Gasteiger partial charge in [0.1, 0.15) is 11.5 Å². The summed E-state index contributed by atoms with van der Waals surface area (Å²) < 4.78 is 25.3. The highest BCUT2D eigenvalue weighted by atomic mass is 32.2. The second kappa shape index (κ2) is 19.0. The molecule has 8 nitrogen and oxygen atoms in total. The smallest absolute Gasteiger partial charge is 0.229 e. The van der Waals surface area contributed by atoms with Crippen LogP contribution in [-0.4, -0.2) is 66.6 Å². The average molecular weight is 668 g/mol. The molecule has 0 radical (unpaired) electrons. The Hall–Kier alpha value is -3.11. The third-order valence-corrected chi connectivity index (χ3v) is 9.37. The second-order valence-electron chi connectivity index (χ2n) is 13.3. The molecule has 3 aromatic carbocycles. The summed E-state index contributed by atoms with van der Waals surface area (Å²) in [6, 6.07) is 22.1. The molecule has 0 amide bonds. The number of hydrogen-bond donors (Lipinski definition) is 5. The standard InChI is InChI=1S/C38H57N3O5S/c1-28(2)41(29(3)4)24-22-33(31-16-12-10-13-17-31)34-25-30(18-20-36(34)42)15-11-8-6-7-9-14-23-39-27-38(44)32-19-21-37(43)35(26-32)40-47(5,45)46/h10,12-13,16-21,25-26,28-29,33,38-40,42-44H,6-9,11,14-15,22-24,27H2,1-5H3/t33-,38+/m1/s1. The molecule has 0 aliphatic heterocycles. The molecule has 0 fully saturated rings. The Bertz CT molecular complexity index is 1460. The SMILES string of the molecule is CC(C)N(CC[C@H](c1ccccc1)c1cc(CCCCCCCCNC[C@H](O)c2ccc(O)c(NS(C)(=O)=O)c2)ccc1O)C(C)C. The van der Waals surface area contributed by atoms with Crippen LogP contribution in [0.4, 0.5) is 5.69 Å². The van der Waals surface area contributed by atoms with Gasteiger partial charge in [-0.2, -0.15) is 0 Å². The van der Waals surface area contributed by atoms with Crippen LogP contribution < -0.4 is 10.0 Å². The predicted molar refractivity (Wildman–Crippen MR) is 194 cm³/mol. The van der Waals surface area contributed by atoms with Crippen LogP contribution >= 0.6 is 0 Å². The number of nitrogens with one attached hydrogen (secondary N) is 2. The molecule has 47 heavy (non-hydrogen) atoms. The number of unbranched alkanes of at least 4 members (excludes halogenated alkanes) is 5. The predicted octanol–water partition coefficient (Wildman–Crippen LogP) is 7.32. The van der Waals surface area contributed by atoms with Gasteiger partial charge in [0.2, 0.25) is 10.0 Å². The van der Waals surface area contributed by atoms with Crippen LogP contribution in [0.5, 0.6) is 11.5 Å². The van der Waals surface area contributed by atoms with Crippen LogP contribution in [0.3, 0.4) is 0 Å². The Labute approximate surface area is 283 Å². The lowest BCUT2D eigenvalue weighted by atomic mass is 9.86. The molecule has 0 aromatic heterocycles. The number of aliphatic hydroxyl groups is 1. The van der Waals surface area contributed by atoms with E-state index in [4.69, 9.17) is 0 Å². The highest BCUT2D eigenvalue weighted by molar-refractivity contribution is 7.92. The first-order valence-electron chi connectivity index (χ1n) is 17.2. The van der Waals surface area contributed by atoms with Crippen LogP contribution in [0.2, 0.25) is 0 Å². The van der Waals surface area contributed by atoms with E-state index in [1.165, 1.54) is 29.7 Å². The highest BCUT2D eigenvalue weighted by Gasteiger charge is 2.22. The van der Waals surface area contributed by atoms with E-state index in [1.807, 2.05) is 12.1 Å². The van der Waals surface area contributed by atoms with E-state index >= 15 is 0 Å². The molecule has 0 saturated heterocycles. The Morgan fingerprint density at radius 1 is 0.766 bits per heavy atom. The summed E-state index contributed by atoms with van der Waals surface area (Å²) in [5.41, 5.74) is 4.13. The molecule has 0 heterocycles. The van der Waals surface area contributed by atoms with Crippen molar-refractivity contribution in [2.45, 2.75) is 103 Å². The maximum Gasteiger partial charge on any atom is 0.229 e. The zero-order valence-corrected chi connectivity index (χ0v) is 29.8. The zero-order valence-electron chi connectivity index (χ0n) is 29.0. The quantitative estimate of drug-likeness (QED) is 0.0596. The largest absolute Gasteiger partial charge is 0.508 e. The number of benzene rings is 3. The minimum Gasteiger partial charge on any atom is -0.508 e. The summed E-state index contributed by atoms with van der Waals surface area (Å²) >= 11 is 0. The van der Waals surface area contributed by atoms with Gasteiger partial charge in [-0.25, -0.2) is 8.42 Å². The maximum atomic E-state index is 11.5. The summed E-state index contributed by atoms with van der Waals surface area (Å²) in [5.74, 6) is 0.331. The Morgan fingerprint density at radius 2 is 1.40 bits per heavy atom. The Balaban J connectivity index is 1.40. The summed E-state index contributed by atoms with van der Waals surface area (Å²) in [7, 11) is -3.54. The number of aryl methyl sites for hydroxylation is 1. The van der Waals surface area contributed by atoms with E-state index in [2.05, 4.69) is 79.0 Å². The lowest BCUT2D eigenvalue weighted by Crippen LogP contribution is -2.38. The molecule has 3 rings (SSSR count). The molecular formula is C38H57N3O5S. The maximum absolute atomic E-state index is 11.5. The van der Waals surface area contributed by atoms with Gasteiger partial charge >= 0.3 is 0 Å². The zero-order chi connectivity index (χ0) is 34.4. The van der Waals surface area contributed by atoms with Gasteiger partial charge in [-0.15, -0.1) is 0 Å². The Morgan fingerprint density at radius 3 is 2.06 bits per heavy atom. The topological polar surface area (TPSA) is 122 Å². The third-order valence-electron chi connectivity index (χ3n) is 8.78. The minimum atomic E-state index is -3.54. The summed E-state index contributed by atoms with van der Waals surface area (Å²) in [5, 5.41) is 34.6. The van der Waals surface area contributed by atoms with Gasteiger partial charge in [-0.1, -0.05) is 74.2 Å². The van der Waals surface area contributed by atoms with E-state index in [0.29, 0.717) is 29.9 Å². The molecule has 260 valence electrons. The number of aliphatic hydroxyl groups excluding tert-OH is 1. The Kier molecular flexibility index (Phi) is 15.5. The fourth-order valence-electron chi connectivity index (χ4n) is 6.30. The minimum absolute atomic E-state index is 0.0570. The van der Waals surface area contributed by atoms with E-state index in [9.17, 15) is 23.7 Å². The number of sulfonamides is 1. The monoisotopic (exact) mass is 667 g/mol. The first-order chi connectivity index (χ1) is 22.4. The molecule has 9 heteroatoms. The molecule has 0 spiro atoms. The molecule has 0 saturated carbocycles. The highest BCUT2D eigenvalue weighted by Crippen LogP contribution is 2.35. The first-order valence-corrected chi connectivity index (χ1v) is 19.1. The molecule has 0 aliphatic carbocycles. The molecule has 2 atom stereocenters. The number of aromatic hydroxyl groups is 2. The van der Waals surface area contributed by atoms with Gasteiger partial charge in [-0.3, -0.25) is 9.62 Å². The van der Waals surface area contributed by atoms with Crippen molar-refractivity contribution in [2.24, 2.45) is 0 Å². The lowest BCUT2D eigenvalue weighted by molar-refractivity contribution is 0.170. The van der Waals surface area contributed by atoms with Gasteiger partial charge in [0.05, 0.1) is 18.0 Å². The number of rotatable bonds is 21. The van der Waals surface area contributed by atoms with Crippen molar-refractivity contribution in [1.82, 2.24) is 10.2 Å². The second-order valence-corrected chi connectivity index (χ2v) is 15.1. The van der Waals surface area contributed by atoms with Crippen LogP contribution in [0.25, 0.3) is 0 Å². The first kappa shape index (κ1) is 38.3. The van der Waals surface area contributed by atoms with Crippen molar-refractivity contribution in [1.29, 1.82) is 0 Å². The van der Waals surface area contributed by atoms with Crippen molar-refractivity contribution >= 4 is 15.7 Å². The van der Waals surface area contributed by atoms with Crippen molar-refractivity contribution in [3.8, 4) is 11.5 Å². The third kappa shape index (κ3) is 13.1. The number of anilines is 1. The van der Waals surface area contributed by atoms with E-state index < -0.39 is 16.1 Å². The molecule has 0 aliphatic rings. The van der Waals surface area contributed by atoms with E-state index in [0.717, 1.165) is 69.9 Å². The van der Waals surface area contributed by atoms with Gasteiger partial charge in [-0.05, 0) is 101 Å². The van der Waals surface area contributed by atoms with E-state index in [-0.39, 0.29) is 17.4 Å². The lowest BCUT2D eigenvalue weighted by Gasteiger charge is -2.32. The normalized spacial score (nSPS) is 13.4. The van der Waals surface area contributed by atoms with E-state index in [1.54, 1.807) is 6.07 Å². The van der Waals surface area contributed by atoms with Crippen molar-refractivity contribution in [3.63, 3.8) is 0 Å². The summed E-state index contributed by atoms with van der Waals surface area (Å²) in [6.07, 6.45) is 8.87. The van der Waals surface area contributed by atoms with Crippen LogP contribution in [0.1, 0.15) is 107 Å².